The number of nitrogens with one attached hydrogen (secondary N) is 2. The van der Waals surface area contributed by atoms with Gasteiger partial charge >= 0.3 is 12.3 Å². The molecule has 1 aliphatic heterocycles. The lowest BCUT2D eigenvalue weighted by molar-refractivity contribution is -0.136. The van der Waals surface area contributed by atoms with Gasteiger partial charge in [-0.2, -0.15) is 17.5 Å². The van der Waals surface area contributed by atoms with Gasteiger partial charge in [0.05, 0.1) is 16.8 Å². The number of rotatable bonds is 8. The third-order valence-electron chi connectivity index (χ3n) is 6.78. The lowest BCUT2D eigenvalue weighted by atomic mass is 10.1. The van der Waals surface area contributed by atoms with Gasteiger partial charge in [0.15, 0.2) is 9.34 Å². The zero-order chi connectivity index (χ0) is 28.8. The quantitative estimate of drug-likeness (QED) is 0.348. The number of anilines is 2. The molecule has 2 fully saturated rings. The Labute approximate surface area is 232 Å². The molecule has 0 bridgehead atoms. The molecule has 216 valence electrons. The van der Waals surface area contributed by atoms with Crippen molar-refractivity contribution in [2.75, 3.05) is 43.4 Å². The van der Waals surface area contributed by atoms with Crippen molar-refractivity contribution in [1.82, 2.24) is 24.2 Å². The normalized spacial score (nSPS) is 18.1. The van der Waals surface area contributed by atoms with Crippen LogP contribution in [0.25, 0.3) is 10.9 Å². The first-order valence-corrected chi connectivity index (χ1v) is 14.9. The summed E-state index contributed by atoms with van der Waals surface area (Å²) in [6, 6.07) is 3.77. The van der Waals surface area contributed by atoms with E-state index in [0.717, 1.165) is 30.2 Å². The van der Waals surface area contributed by atoms with Crippen molar-refractivity contribution in [2.45, 2.75) is 49.0 Å². The fourth-order valence-electron chi connectivity index (χ4n) is 4.73. The summed E-state index contributed by atoms with van der Waals surface area (Å²) in [5, 5.41) is 14.5. The number of amides is 1. The Bertz CT molecular complexity index is 1540. The highest BCUT2D eigenvalue weighted by Gasteiger charge is 2.36. The number of hydrogen-bond acceptors (Lipinski definition) is 9. The van der Waals surface area contributed by atoms with E-state index < -0.39 is 27.9 Å². The van der Waals surface area contributed by atoms with Crippen LogP contribution < -0.4 is 10.6 Å². The van der Waals surface area contributed by atoms with Crippen molar-refractivity contribution < 1.29 is 31.5 Å². The minimum atomic E-state index is -4.54. The number of benzene rings is 1. The van der Waals surface area contributed by atoms with Gasteiger partial charge in [-0.3, -0.25) is 10.2 Å². The van der Waals surface area contributed by atoms with Crippen LogP contribution in [0.1, 0.15) is 42.8 Å². The molecule has 0 unspecified atom stereocenters. The molecule has 0 spiro atoms. The van der Waals surface area contributed by atoms with Gasteiger partial charge in [0, 0.05) is 50.1 Å². The molecule has 2 aliphatic rings. The molecule has 40 heavy (non-hydrogen) atoms. The highest BCUT2D eigenvalue weighted by molar-refractivity contribution is 7.91. The number of piperazine rings is 1. The van der Waals surface area contributed by atoms with Gasteiger partial charge in [0.25, 0.3) is 10.0 Å². The van der Waals surface area contributed by atoms with E-state index in [4.69, 9.17) is 5.11 Å². The fraction of sp³-hybridized carbons (Fsp3) is 0.500. The van der Waals surface area contributed by atoms with Crippen molar-refractivity contribution >= 4 is 49.3 Å². The third-order valence-corrected chi connectivity index (χ3v) is 10.3. The Hall–Kier alpha value is -3.08. The Kier molecular flexibility index (Phi) is 7.62. The molecule has 3 N–H and O–H groups in total. The maximum atomic E-state index is 13.7. The van der Waals surface area contributed by atoms with E-state index in [2.05, 4.69) is 30.5 Å². The number of nitrogens with zero attached hydrogens (tertiary/aromatic N) is 5. The minimum absolute atomic E-state index is 0.0000623. The summed E-state index contributed by atoms with van der Waals surface area (Å²) in [5.41, 5.74) is -0.671. The Morgan fingerprint density at radius 3 is 2.50 bits per heavy atom. The van der Waals surface area contributed by atoms with Crippen molar-refractivity contribution in [1.29, 1.82) is 0 Å². The van der Waals surface area contributed by atoms with E-state index in [-0.39, 0.29) is 45.6 Å². The topological polar surface area (TPSA) is 141 Å². The number of carbonyl (C=O) groups is 1. The molecule has 1 atom stereocenters. The first kappa shape index (κ1) is 28.4. The van der Waals surface area contributed by atoms with E-state index in [0.29, 0.717) is 36.7 Å². The molecular formula is C24H28F3N7O4S2. The molecule has 11 nitrogen and oxygen atoms in total. The second-order valence-corrected chi connectivity index (χ2v) is 13.1. The predicted octanol–water partition coefficient (Wildman–Crippen LogP) is 4.19. The molecule has 0 radical (unpaired) electrons. The Morgan fingerprint density at radius 2 is 1.88 bits per heavy atom. The Morgan fingerprint density at radius 1 is 1.18 bits per heavy atom. The number of hydrogen-bond donors (Lipinski definition) is 3. The van der Waals surface area contributed by atoms with Crippen LogP contribution in [-0.2, 0) is 16.2 Å². The number of para-hydroxylation sites is 1. The van der Waals surface area contributed by atoms with Gasteiger partial charge in [-0.15, -0.1) is 0 Å². The van der Waals surface area contributed by atoms with E-state index in [1.54, 1.807) is 6.07 Å². The molecular weight excluding hydrogens is 571 g/mol. The van der Waals surface area contributed by atoms with Gasteiger partial charge < -0.3 is 10.4 Å². The monoisotopic (exact) mass is 599 g/mol. The van der Waals surface area contributed by atoms with Gasteiger partial charge in [0.2, 0.25) is 0 Å². The zero-order valence-electron chi connectivity index (χ0n) is 21.7. The molecule has 1 saturated heterocycles. The molecule has 3 heterocycles. The lowest BCUT2D eigenvalue weighted by Crippen LogP contribution is -2.50. The van der Waals surface area contributed by atoms with Crippen LogP contribution in [0.15, 0.2) is 22.4 Å². The largest absolute Gasteiger partial charge is 0.465 e. The molecule has 1 amide bonds. The number of sulfonamides is 1. The average molecular weight is 600 g/mol. The third kappa shape index (κ3) is 5.99. The number of carboxylic acid groups (broad SMARTS) is 1. The van der Waals surface area contributed by atoms with E-state index in [9.17, 15) is 26.4 Å². The van der Waals surface area contributed by atoms with Gasteiger partial charge in [0.1, 0.15) is 11.6 Å². The number of thiazole rings is 1. The van der Waals surface area contributed by atoms with Gasteiger partial charge in [-0.05, 0) is 38.8 Å². The first-order valence-electron chi connectivity index (χ1n) is 12.7. The summed E-state index contributed by atoms with van der Waals surface area (Å²) in [6.07, 6.45) is -4.17. The van der Waals surface area contributed by atoms with Crippen LogP contribution in [0.3, 0.4) is 0 Å². The van der Waals surface area contributed by atoms with Crippen molar-refractivity contribution in [3.63, 3.8) is 0 Å². The van der Waals surface area contributed by atoms with Crippen molar-refractivity contribution in [3.8, 4) is 0 Å². The predicted molar refractivity (Wildman–Crippen MR) is 143 cm³/mol. The second-order valence-electron chi connectivity index (χ2n) is 9.98. The SMILES string of the molecule is Cc1nc(NC(=O)O)sc1S(=O)(=O)N1CCN(C[C@H](C)Nc2nc(C3CC3)nc3c(C(F)(F)F)cccc23)CC1. The van der Waals surface area contributed by atoms with E-state index in [1.165, 1.54) is 17.3 Å². The first-order chi connectivity index (χ1) is 18.8. The van der Waals surface area contributed by atoms with Crippen LogP contribution in [0.4, 0.5) is 28.9 Å². The number of halogens is 3. The number of aryl methyl sites for hydroxylation is 1. The summed E-state index contributed by atoms with van der Waals surface area (Å²) >= 11 is 0.773. The van der Waals surface area contributed by atoms with Gasteiger partial charge in [-0.1, -0.05) is 17.4 Å². The summed E-state index contributed by atoms with van der Waals surface area (Å²) < 4.78 is 68.8. The molecule has 1 aromatic carbocycles. The summed E-state index contributed by atoms with van der Waals surface area (Å²) in [5.74, 6) is 0.839. The van der Waals surface area contributed by atoms with Crippen molar-refractivity contribution in [3.05, 3.63) is 35.3 Å². The number of aromatic nitrogens is 3. The summed E-state index contributed by atoms with van der Waals surface area (Å²) in [6.45, 7) is 5.28. The van der Waals surface area contributed by atoms with E-state index in [1.807, 2.05) is 6.92 Å². The molecule has 1 saturated carbocycles. The molecule has 16 heteroatoms. The van der Waals surface area contributed by atoms with Crippen LogP contribution in [0.5, 0.6) is 0 Å². The molecule has 1 aliphatic carbocycles. The maximum absolute atomic E-state index is 13.7. The lowest BCUT2D eigenvalue weighted by Gasteiger charge is -2.35. The second kappa shape index (κ2) is 10.7. The molecule has 2 aromatic heterocycles. The molecule has 3 aromatic rings. The molecule has 5 rings (SSSR count). The van der Waals surface area contributed by atoms with E-state index >= 15 is 0 Å². The standard InChI is InChI=1S/C24H28F3N7O4S2/c1-13(28-20-16-4-3-5-17(24(25,26)27)18(16)30-19(31-20)15-6-7-15)12-33-8-10-34(11-9-33)40(37,38)21-14(2)29-22(39-21)32-23(35)36/h3-5,13,15H,6-12H2,1-2H3,(H,29,32)(H,35,36)(H,28,30,31)/t13-/m0/s1. The summed E-state index contributed by atoms with van der Waals surface area (Å²) in [4.78, 5) is 25.8. The van der Waals surface area contributed by atoms with Crippen LogP contribution >= 0.6 is 11.3 Å². The average Bonchev–Trinajstić information content (AvgIpc) is 3.65. The Balaban J connectivity index is 1.26. The van der Waals surface area contributed by atoms with Crippen LogP contribution in [0.2, 0.25) is 0 Å². The zero-order valence-corrected chi connectivity index (χ0v) is 23.3. The number of fused-ring (bicyclic) bond motifs is 1. The minimum Gasteiger partial charge on any atom is -0.465 e. The van der Waals surface area contributed by atoms with Gasteiger partial charge in [-0.25, -0.2) is 28.2 Å². The fourth-order valence-corrected chi connectivity index (χ4v) is 7.70. The van der Waals surface area contributed by atoms with Crippen LogP contribution in [0, 0.1) is 6.92 Å². The smallest absolute Gasteiger partial charge is 0.418 e. The highest BCUT2D eigenvalue weighted by atomic mass is 32.2. The highest BCUT2D eigenvalue weighted by Crippen LogP contribution is 2.41. The number of alkyl halides is 3. The van der Waals surface area contributed by atoms with Crippen molar-refractivity contribution in [2.24, 2.45) is 0 Å². The van der Waals surface area contributed by atoms with Crippen LogP contribution in [-0.4, -0.2) is 82.5 Å². The summed E-state index contributed by atoms with van der Waals surface area (Å²) in [7, 11) is -3.85. The maximum Gasteiger partial charge on any atom is 0.418 e.